The quantitative estimate of drug-likeness (QED) is 0.753. The van der Waals surface area contributed by atoms with Crippen molar-refractivity contribution in [2.75, 3.05) is 20.1 Å². The molecule has 0 aromatic carbocycles. The van der Waals surface area contributed by atoms with Crippen molar-refractivity contribution in [1.82, 2.24) is 10.2 Å². The van der Waals surface area contributed by atoms with Gasteiger partial charge in [0.1, 0.15) is 0 Å². The highest BCUT2D eigenvalue weighted by Crippen LogP contribution is 2.26. The average molecular weight is 255 g/mol. The van der Waals surface area contributed by atoms with Crippen molar-refractivity contribution in [3.8, 4) is 0 Å². The van der Waals surface area contributed by atoms with E-state index in [4.69, 9.17) is 5.73 Å². The molecule has 0 radical (unpaired) electrons. The molecule has 0 bridgehead atoms. The van der Waals surface area contributed by atoms with Gasteiger partial charge in [-0.15, -0.1) is 0 Å². The number of nitrogens with two attached hydrogens (primary N) is 1. The van der Waals surface area contributed by atoms with Gasteiger partial charge in [-0.05, 0) is 39.7 Å². The Morgan fingerprint density at radius 3 is 2.44 bits per heavy atom. The molecule has 3 N–H and O–H groups in total. The van der Waals surface area contributed by atoms with Gasteiger partial charge in [0, 0.05) is 18.6 Å². The number of nitrogens with zero attached hydrogens (tertiary/aromatic N) is 1. The maximum atomic E-state index is 12.0. The maximum Gasteiger partial charge on any atom is 0.234 e. The SMILES string of the molecule is CC(C)N(C)CC(=O)NC(CN)C1CCCCC1. The zero-order valence-corrected chi connectivity index (χ0v) is 12.1. The van der Waals surface area contributed by atoms with E-state index in [-0.39, 0.29) is 11.9 Å². The summed E-state index contributed by atoms with van der Waals surface area (Å²) in [7, 11) is 1.97. The fourth-order valence-corrected chi connectivity index (χ4v) is 2.57. The fourth-order valence-electron chi connectivity index (χ4n) is 2.57. The minimum absolute atomic E-state index is 0.104. The molecule has 1 rings (SSSR count). The Bertz CT molecular complexity index is 249. The fraction of sp³-hybridized carbons (Fsp3) is 0.929. The van der Waals surface area contributed by atoms with E-state index in [1.54, 1.807) is 0 Å². The summed E-state index contributed by atoms with van der Waals surface area (Å²) in [6, 6.07) is 0.556. The van der Waals surface area contributed by atoms with Crippen LogP contribution < -0.4 is 11.1 Å². The first-order valence-electron chi connectivity index (χ1n) is 7.24. The molecule has 0 aromatic heterocycles. The van der Waals surface area contributed by atoms with Gasteiger partial charge in [0.25, 0.3) is 0 Å². The van der Waals surface area contributed by atoms with Crippen LogP contribution in [0.4, 0.5) is 0 Å². The zero-order valence-electron chi connectivity index (χ0n) is 12.1. The second kappa shape index (κ2) is 7.74. The number of carbonyl (C=O) groups excluding carboxylic acids is 1. The van der Waals surface area contributed by atoms with Gasteiger partial charge < -0.3 is 11.1 Å². The lowest BCUT2D eigenvalue weighted by Crippen LogP contribution is -2.49. The third-order valence-electron chi connectivity index (χ3n) is 4.09. The molecule has 1 unspecified atom stereocenters. The lowest BCUT2D eigenvalue weighted by atomic mass is 9.84. The Labute approximate surface area is 111 Å². The van der Waals surface area contributed by atoms with Crippen LogP contribution in [0, 0.1) is 5.92 Å². The molecular weight excluding hydrogens is 226 g/mol. The molecule has 1 saturated carbocycles. The molecule has 0 aliphatic heterocycles. The maximum absolute atomic E-state index is 12.0. The van der Waals surface area contributed by atoms with Crippen LogP contribution in [0.2, 0.25) is 0 Å². The number of amides is 1. The standard InChI is InChI=1S/C14H29N3O/c1-11(2)17(3)10-14(18)16-13(9-15)12-7-5-4-6-8-12/h11-13H,4-10,15H2,1-3H3,(H,16,18). The Morgan fingerprint density at radius 2 is 1.94 bits per heavy atom. The molecule has 1 aliphatic carbocycles. The molecule has 0 heterocycles. The molecule has 0 aromatic rings. The van der Waals surface area contributed by atoms with Crippen LogP contribution in [-0.2, 0) is 4.79 Å². The molecule has 1 atom stereocenters. The summed E-state index contributed by atoms with van der Waals surface area (Å²) in [6.45, 7) is 5.20. The normalized spacial score (nSPS) is 19.2. The summed E-state index contributed by atoms with van der Waals surface area (Å²) in [5.41, 5.74) is 5.81. The number of nitrogens with one attached hydrogen (secondary N) is 1. The third-order valence-corrected chi connectivity index (χ3v) is 4.09. The Balaban J connectivity index is 2.39. The summed E-state index contributed by atoms with van der Waals surface area (Å²) < 4.78 is 0. The number of likely N-dealkylation sites (N-methyl/N-ethyl adjacent to an activating group) is 1. The topological polar surface area (TPSA) is 58.4 Å². The van der Waals surface area contributed by atoms with Gasteiger partial charge in [-0.25, -0.2) is 0 Å². The van der Waals surface area contributed by atoms with Gasteiger partial charge in [-0.3, -0.25) is 9.69 Å². The molecule has 18 heavy (non-hydrogen) atoms. The van der Waals surface area contributed by atoms with Gasteiger partial charge in [0.15, 0.2) is 0 Å². The van der Waals surface area contributed by atoms with E-state index < -0.39 is 0 Å². The second-order valence-electron chi connectivity index (χ2n) is 5.82. The highest BCUT2D eigenvalue weighted by Gasteiger charge is 2.24. The van der Waals surface area contributed by atoms with Gasteiger partial charge in [-0.2, -0.15) is 0 Å². The van der Waals surface area contributed by atoms with Crippen LogP contribution in [0.5, 0.6) is 0 Å². The molecule has 0 spiro atoms. The first-order chi connectivity index (χ1) is 8.54. The first-order valence-corrected chi connectivity index (χ1v) is 7.24. The predicted molar refractivity (Wildman–Crippen MR) is 75.3 cm³/mol. The van der Waals surface area contributed by atoms with Crippen LogP contribution in [0.3, 0.4) is 0 Å². The van der Waals surface area contributed by atoms with Gasteiger partial charge >= 0.3 is 0 Å². The van der Waals surface area contributed by atoms with E-state index in [1.807, 2.05) is 11.9 Å². The molecule has 1 amide bonds. The second-order valence-corrected chi connectivity index (χ2v) is 5.82. The highest BCUT2D eigenvalue weighted by molar-refractivity contribution is 5.78. The van der Waals surface area contributed by atoms with E-state index in [1.165, 1.54) is 32.1 Å². The van der Waals surface area contributed by atoms with Crippen LogP contribution in [0.25, 0.3) is 0 Å². The molecule has 106 valence electrons. The van der Waals surface area contributed by atoms with Crippen molar-refractivity contribution < 1.29 is 4.79 Å². The Hall–Kier alpha value is -0.610. The van der Waals surface area contributed by atoms with Crippen molar-refractivity contribution in [2.45, 2.75) is 58.0 Å². The number of carbonyl (C=O) groups is 1. The van der Waals surface area contributed by atoms with E-state index in [0.717, 1.165) is 0 Å². The van der Waals surface area contributed by atoms with E-state index in [0.29, 0.717) is 25.0 Å². The summed E-state index contributed by atoms with van der Waals surface area (Å²) >= 11 is 0. The molecule has 0 saturated heterocycles. The zero-order chi connectivity index (χ0) is 13.5. The van der Waals surface area contributed by atoms with Crippen molar-refractivity contribution in [1.29, 1.82) is 0 Å². The largest absolute Gasteiger partial charge is 0.351 e. The monoisotopic (exact) mass is 255 g/mol. The van der Waals surface area contributed by atoms with E-state index >= 15 is 0 Å². The van der Waals surface area contributed by atoms with Crippen molar-refractivity contribution in [2.24, 2.45) is 11.7 Å². The van der Waals surface area contributed by atoms with E-state index in [2.05, 4.69) is 19.2 Å². The summed E-state index contributed by atoms with van der Waals surface area (Å²) in [5, 5.41) is 3.12. The molecular formula is C14H29N3O. The van der Waals surface area contributed by atoms with Crippen molar-refractivity contribution in [3.05, 3.63) is 0 Å². The van der Waals surface area contributed by atoms with Gasteiger partial charge in [-0.1, -0.05) is 19.3 Å². The Morgan fingerprint density at radius 1 is 1.33 bits per heavy atom. The third kappa shape index (κ3) is 4.94. The van der Waals surface area contributed by atoms with Crippen molar-refractivity contribution in [3.63, 3.8) is 0 Å². The summed E-state index contributed by atoms with van der Waals surface area (Å²) in [6.07, 6.45) is 6.31. The lowest BCUT2D eigenvalue weighted by Gasteiger charge is -2.31. The molecule has 4 nitrogen and oxygen atoms in total. The molecule has 4 heteroatoms. The summed E-state index contributed by atoms with van der Waals surface area (Å²) in [4.78, 5) is 14.0. The number of hydrogen-bond acceptors (Lipinski definition) is 3. The minimum Gasteiger partial charge on any atom is -0.351 e. The van der Waals surface area contributed by atoms with Crippen LogP contribution >= 0.6 is 0 Å². The predicted octanol–water partition coefficient (Wildman–Crippen LogP) is 1.35. The Kier molecular flexibility index (Phi) is 6.65. The number of hydrogen-bond donors (Lipinski definition) is 2. The van der Waals surface area contributed by atoms with Crippen LogP contribution in [0.1, 0.15) is 46.0 Å². The lowest BCUT2D eigenvalue weighted by molar-refractivity contribution is -0.123. The smallest absolute Gasteiger partial charge is 0.234 e. The first kappa shape index (κ1) is 15.4. The minimum atomic E-state index is 0.104. The summed E-state index contributed by atoms with van der Waals surface area (Å²) in [5.74, 6) is 0.685. The van der Waals surface area contributed by atoms with E-state index in [9.17, 15) is 4.79 Å². The molecule has 1 aliphatic rings. The van der Waals surface area contributed by atoms with Gasteiger partial charge in [0.05, 0.1) is 6.54 Å². The van der Waals surface area contributed by atoms with Crippen LogP contribution in [-0.4, -0.2) is 43.0 Å². The van der Waals surface area contributed by atoms with Crippen molar-refractivity contribution >= 4 is 5.91 Å². The molecule has 1 fully saturated rings. The highest BCUT2D eigenvalue weighted by atomic mass is 16.2. The average Bonchev–Trinajstić information content (AvgIpc) is 2.36. The van der Waals surface area contributed by atoms with Gasteiger partial charge in [0.2, 0.25) is 5.91 Å². The van der Waals surface area contributed by atoms with Crippen LogP contribution in [0.15, 0.2) is 0 Å². The number of rotatable bonds is 6.